The van der Waals surface area contributed by atoms with E-state index in [1.54, 1.807) is 42.5 Å². The molecule has 7 heteroatoms. The van der Waals surface area contributed by atoms with Gasteiger partial charge in [-0.05, 0) is 49.7 Å². The summed E-state index contributed by atoms with van der Waals surface area (Å²) < 4.78 is 27.2. The van der Waals surface area contributed by atoms with E-state index < -0.39 is 10.0 Å². The van der Waals surface area contributed by atoms with Gasteiger partial charge in [0.05, 0.1) is 4.90 Å². The Hall–Kier alpha value is -1.89. The number of sulfonamides is 1. The number of hydrogen-bond acceptors (Lipinski definition) is 3. The molecule has 0 fully saturated rings. The predicted octanol–water partition coefficient (Wildman–Crippen LogP) is 3.29. The first-order valence-electron chi connectivity index (χ1n) is 7.81. The van der Waals surface area contributed by atoms with Crippen molar-refractivity contribution in [2.75, 3.05) is 18.0 Å². The molecule has 0 saturated carbocycles. The fourth-order valence-electron chi connectivity index (χ4n) is 2.46. The Kier molecular flexibility index (Phi) is 6.21. The number of nitrogens with one attached hydrogen (secondary N) is 1. The largest absolute Gasteiger partial charge is 0.311 e. The minimum absolute atomic E-state index is 0.109. The molecule has 0 aliphatic heterocycles. The molecule has 2 rings (SSSR count). The fraction of sp³-hybridized carbons (Fsp3) is 0.278. The van der Waals surface area contributed by atoms with E-state index in [1.807, 2.05) is 13.8 Å². The van der Waals surface area contributed by atoms with Crippen molar-refractivity contribution in [2.45, 2.75) is 25.7 Å². The highest BCUT2D eigenvalue weighted by molar-refractivity contribution is 7.89. The maximum atomic E-state index is 12.3. The zero-order valence-electron chi connectivity index (χ0n) is 14.4. The van der Waals surface area contributed by atoms with Crippen molar-refractivity contribution in [3.05, 3.63) is 58.6 Å². The fourth-order valence-corrected chi connectivity index (χ4v) is 3.71. The van der Waals surface area contributed by atoms with E-state index in [4.69, 9.17) is 11.6 Å². The van der Waals surface area contributed by atoms with E-state index in [1.165, 1.54) is 11.8 Å². The molecule has 1 N–H and O–H groups in total. The third-order valence-corrected chi connectivity index (χ3v) is 5.50. The molecule has 0 heterocycles. The van der Waals surface area contributed by atoms with Gasteiger partial charge in [0, 0.05) is 30.7 Å². The van der Waals surface area contributed by atoms with Gasteiger partial charge >= 0.3 is 0 Å². The second kappa shape index (κ2) is 7.99. The molecule has 0 spiro atoms. The van der Waals surface area contributed by atoms with Crippen LogP contribution in [0.2, 0.25) is 5.02 Å². The summed E-state index contributed by atoms with van der Waals surface area (Å²) in [5.41, 5.74) is 2.55. The first kappa shape index (κ1) is 19.4. The summed E-state index contributed by atoms with van der Waals surface area (Å²) >= 11 is 5.95. The van der Waals surface area contributed by atoms with Crippen LogP contribution in [0.4, 0.5) is 5.69 Å². The summed E-state index contributed by atoms with van der Waals surface area (Å²) in [6, 6.07) is 11.8. The molecule has 2 aromatic carbocycles. The monoisotopic (exact) mass is 380 g/mol. The Balaban J connectivity index is 2.09. The summed E-state index contributed by atoms with van der Waals surface area (Å²) in [6.45, 7) is 5.53. The Morgan fingerprint density at radius 2 is 1.76 bits per heavy atom. The highest BCUT2D eigenvalue weighted by Crippen LogP contribution is 2.23. The number of benzene rings is 2. The van der Waals surface area contributed by atoms with Gasteiger partial charge in [0.1, 0.15) is 0 Å². The lowest BCUT2D eigenvalue weighted by molar-refractivity contribution is -0.116. The van der Waals surface area contributed by atoms with Gasteiger partial charge in [-0.2, -0.15) is 0 Å². The topological polar surface area (TPSA) is 66.5 Å². The van der Waals surface area contributed by atoms with E-state index in [0.29, 0.717) is 10.7 Å². The minimum Gasteiger partial charge on any atom is -0.311 e. The van der Waals surface area contributed by atoms with Crippen LogP contribution in [0.5, 0.6) is 0 Å². The number of nitrogens with zero attached hydrogens (tertiary/aromatic N) is 1. The number of aryl methyl sites for hydroxylation is 2. The van der Waals surface area contributed by atoms with Crippen molar-refractivity contribution in [1.82, 2.24) is 4.72 Å². The number of amides is 1. The molecule has 0 unspecified atom stereocenters. The SMILES string of the molecule is CC(=O)N(CCNS(=O)(=O)c1ccc(C)cc1)c1ccc(Cl)cc1C. The summed E-state index contributed by atoms with van der Waals surface area (Å²) in [7, 11) is -3.61. The average molecular weight is 381 g/mol. The number of carbonyl (C=O) groups excluding carboxylic acids is 1. The molecule has 0 aliphatic rings. The van der Waals surface area contributed by atoms with Crippen LogP contribution in [0, 0.1) is 13.8 Å². The first-order chi connectivity index (χ1) is 11.7. The molecule has 0 aromatic heterocycles. The van der Waals surface area contributed by atoms with E-state index in [-0.39, 0.29) is 23.9 Å². The first-order valence-corrected chi connectivity index (χ1v) is 9.67. The van der Waals surface area contributed by atoms with Crippen molar-refractivity contribution in [3.63, 3.8) is 0 Å². The molecule has 25 heavy (non-hydrogen) atoms. The third-order valence-electron chi connectivity index (χ3n) is 3.79. The van der Waals surface area contributed by atoms with Gasteiger partial charge in [-0.25, -0.2) is 13.1 Å². The maximum absolute atomic E-state index is 12.3. The van der Waals surface area contributed by atoms with E-state index in [9.17, 15) is 13.2 Å². The smallest absolute Gasteiger partial charge is 0.240 e. The molecule has 1 amide bonds. The zero-order valence-corrected chi connectivity index (χ0v) is 16.0. The van der Waals surface area contributed by atoms with Crippen LogP contribution in [0.25, 0.3) is 0 Å². The molecular formula is C18H21ClN2O3S. The van der Waals surface area contributed by atoms with Crippen molar-refractivity contribution < 1.29 is 13.2 Å². The lowest BCUT2D eigenvalue weighted by Gasteiger charge is -2.23. The standard InChI is InChI=1S/C18H21ClN2O3S/c1-13-4-7-17(8-5-13)25(23,24)20-10-11-21(15(3)22)18-9-6-16(19)12-14(18)2/h4-9,12,20H,10-11H2,1-3H3. The Morgan fingerprint density at radius 3 is 2.32 bits per heavy atom. The number of carbonyl (C=O) groups is 1. The third kappa shape index (κ3) is 5.04. The van der Waals surface area contributed by atoms with Crippen LogP contribution >= 0.6 is 11.6 Å². The minimum atomic E-state index is -3.61. The number of halogens is 1. The zero-order chi connectivity index (χ0) is 18.6. The molecule has 0 radical (unpaired) electrons. The van der Waals surface area contributed by atoms with Crippen LogP contribution < -0.4 is 9.62 Å². The van der Waals surface area contributed by atoms with Gasteiger partial charge in [0.15, 0.2) is 0 Å². The summed E-state index contributed by atoms with van der Waals surface area (Å²) in [6.07, 6.45) is 0. The van der Waals surface area contributed by atoms with Gasteiger partial charge in [-0.3, -0.25) is 4.79 Å². The van der Waals surface area contributed by atoms with E-state index in [0.717, 1.165) is 11.1 Å². The average Bonchev–Trinajstić information content (AvgIpc) is 2.52. The van der Waals surface area contributed by atoms with Gasteiger partial charge in [0.25, 0.3) is 0 Å². The molecule has 2 aromatic rings. The van der Waals surface area contributed by atoms with Crippen LogP contribution in [0.3, 0.4) is 0 Å². The second-order valence-electron chi connectivity index (χ2n) is 5.81. The summed E-state index contributed by atoms with van der Waals surface area (Å²) in [4.78, 5) is 13.7. The van der Waals surface area contributed by atoms with E-state index >= 15 is 0 Å². The molecule has 0 aliphatic carbocycles. The molecule has 5 nitrogen and oxygen atoms in total. The number of hydrogen-bond donors (Lipinski definition) is 1. The lowest BCUT2D eigenvalue weighted by atomic mass is 10.2. The van der Waals surface area contributed by atoms with Gasteiger partial charge in [0.2, 0.25) is 15.9 Å². The second-order valence-corrected chi connectivity index (χ2v) is 8.02. The van der Waals surface area contributed by atoms with Crippen LogP contribution in [0.15, 0.2) is 47.4 Å². The highest BCUT2D eigenvalue weighted by Gasteiger charge is 2.17. The molecule has 0 saturated heterocycles. The predicted molar refractivity (Wildman–Crippen MR) is 101 cm³/mol. The van der Waals surface area contributed by atoms with Crippen molar-refractivity contribution >= 4 is 33.2 Å². The molecular weight excluding hydrogens is 360 g/mol. The Labute approximate surface area is 153 Å². The summed E-state index contributed by atoms with van der Waals surface area (Å²) in [5.74, 6) is -0.167. The van der Waals surface area contributed by atoms with Crippen LogP contribution in [-0.4, -0.2) is 27.4 Å². The highest BCUT2D eigenvalue weighted by atomic mass is 35.5. The van der Waals surface area contributed by atoms with Crippen LogP contribution in [-0.2, 0) is 14.8 Å². The van der Waals surface area contributed by atoms with Gasteiger partial charge in [-0.15, -0.1) is 0 Å². The Morgan fingerprint density at radius 1 is 1.12 bits per heavy atom. The number of anilines is 1. The normalized spacial score (nSPS) is 11.4. The molecule has 0 bridgehead atoms. The maximum Gasteiger partial charge on any atom is 0.240 e. The van der Waals surface area contributed by atoms with Gasteiger partial charge < -0.3 is 4.90 Å². The van der Waals surface area contributed by atoms with Crippen LogP contribution in [0.1, 0.15) is 18.1 Å². The van der Waals surface area contributed by atoms with Crippen molar-refractivity contribution in [1.29, 1.82) is 0 Å². The summed E-state index contributed by atoms with van der Waals surface area (Å²) in [5, 5.41) is 0.588. The Bertz CT molecular complexity index is 864. The van der Waals surface area contributed by atoms with Crippen molar-refractivity contribution in [3.8, 4) is 0 Å². The molecule has 134 valence electrons. The quantitative estimate of drug-likeness (QED) is 0.836. The lowest BCUT2D eigenvalue weighted by Crippen LogP contribution is -2.37. The van der Waals surface area contributed by atoms with Crippen molar-refractivity contribution in [2.24, 2.45) is 0 Å². The number of rotatable bonds is 6. The molecule has 0 atom stereocenters. The van der Waals surface area contributed by atoms with E-state index in [2.05, 4.69) is 4.72 Å². The van der Waals surface area contributed by atoms with Gasteiger partial charge in [-0.1, -0.05) is 29.3 Å².